The Morgan fingerprint density at radius 2 is 1.89 bits per heavy atom. The number of carbonyl (C=O) groups is 1. The van der Waals surface area contributed by atoms with Crippen LogP contribution in [-0.2, 0) is 14.8 Å². The molecule has 0 bridgehead atoms. The van der Waals surface area contributed by atoms with Crippen molar-refractivity contribution in [3.63, 3.8) is 0 Å². The number of para-hydroxylation sites is 2. The highest BCUT2D eigenvalue weighted by Gasteiger charge is 2.37. The second-order valence-electron chi connectivity index (χ2n) is 6.70. The van der Waals surface area contributed by atoms with Gasteiger partial charge in [-0.3, -0.25) is 9.10 Å². The number of anilines is 1. The summed E-state index contributed by atoms with van der Waals surface area (Å²) in [7, 11) is -3.88. The van der Waals surface area contributed by atoms with Crippen LogP contribution in [0.5, 0.6) is 5.75 Å². The molecule has 1 unspecified atom stereocenters. The minimum absolute atomic E-state index is 0.102. The molecule has 0 radical (unpaired) electrons. The Balaban J connectivity index is 1.95. The molecule has 1 aliphatic heterocycles. The number of fused-ring (bicyclic) bond motifs is 1. The number of halogens is 1. The zero-order valence-corrected chi connectivity index (χ0v) is 16.6. The molecule has 0 aromatic heterocycles. The van der Waals surface area contributed by atoms with Crippen molar-refractivity contribution < 1.29 is 17.9 Å². The lowest BCUT2D eigenvalue weighted by Gasteiger charge is -2.34. The lowest BCUT2D eigenvalue weighted by atomic mass is 10.2. The summed E-state index contributed by atoms with van der Waals surface area (Å²) in [5, 5.41) is 3.25. The summed E-state index contributed by atoms with van der Waals surface area (Å²) >= 11 is 5.87. The quantitative estimate of drug-likeness (QED) is 0.824. The number of hydrogen-bond acceptors (Lipinski definition) is 4. The van der Waals surface area contributed by atoms with Crippen LogP contribution in [0.1, 0.15) is 13.8 Å². The topological polar surface area (TPSA) is 75.7 Å². The van der Waals surface area contributed by atoms with Crippen LogP contribution >= 0.6 is 11.6 Å². The Morgan fingerprint density at radius 3 is 2.56 bits per heavy atom. The van der Waals surface area contributed by atoms with Gasteiger partial charge < -0.3 is 10.1 Å². The fraction of sp³-hybridized carbons (Fsp3) is 0.316. The van der Waals surface area contributed by atoms with Crippen molar-refractivity contribution in [2.45, 2.75) is 24.8 Å². The van der Waals surface area contributed by atoms with E-state index in [1.54, 1.807) is 24.3 Å². The van der Waals surface area contributed by atoms with Crippen LogP contribution in [-0.4, -0.2) is 33.5 Å². The van der Waals surface area contributed by atoms with Crippen molar-refractivity contribution in [3.8, 4) is 5.75 Å². The Bertz CT molecular complexity index is 929. The van der Waals surface area contributed by atoms with E-state index in [4.69, 9.17) is 16.3 Å². The van der Waals surface area contributed by atoms with E-state index in [0.29, 0.717) is 23.0 Å². The molecule has 0 saturated carbocycles. The summed E-state index contributed by atoms with van der Waals surface area (Å²) in [5.74, 6) is 0.291. The first-order valence-electron chi connectivity index (χ1n) is 8.60. The third-order valence-electron chi connectivity index (χ3n) is 4.11. The largest absolute Gasteiger partial charge is 0.476 e. The molecule has 0 saturated heterocycles. The Morgan fingerprint density at radius 1 is 1.22 bits per heavy atom. The van der Waals surface area contributed by atoms with Crippen LogP contribution in [0, 0.1) is 5.92 Å². The maximum absolute atomic E-state index is 13.2. The third kappa shape index (κ3) is 4.20. The predicted molar refractivity (Wildman–Crippen MR) is 105 cm³/mol. The smallest absolute Gasteiger partial charge is 0.264 e. The van der Waals surface area contributed by atoms with Crippen LogP contribution < -0.4 is 14.4 Å². The lowest BCUT2D eigenvalue weighted by molar-refractivity contribution is -0.127. The van der Waals surface area contributed by atoms with Gasteiger partial charge in [-0.15, -0.1) is 0 Å². The van der Waals surface area contributed by atoms with E-state index in [1.165, 1.54) is 28.6 Å². The van der Waals surface area contributed by atoms with Gasteiger partial charge in [0.05, 0.1) is 17.1 Å². The van der Waals surface area contributed by atoms with Gasteiger partial charge in [0.1, 0.15) is 5.75 Å². The molecule has 0 aliphatic carbocycles. The number of sulfonamides is 1. The molecule has 0 spiro atoms. The van der Waals surface area contributed by atoms with Crippen LogP contribution in [0.3, 0.4) is 0 Å². The van der Waals surface area contributed by atoms with E-state index < -0.39 is 16.1 Å². The highest BCUT2D eigenvalue weighted by Crippen LogP contribution is 2.36. The van der Waals surface area contributed by atoms with E-state index >= 15 is 0 Å². The van der Waals surface area contributed by atoms with E-state index in [9.17, 15) is 13.2 Å². The SMILES string of the molecule is CC(C)CNC(=O)C1CN(S(=O)(=O)c2ccc(Cl)cc2)c2ccccc2O1. The molecule has 1 atom stereocenters. The number of carbonyl (C=O) groups excluding carboxylic acids is 1. The van der Waals surface area contributed by atoms with Gasteiger partial charge in [-0.1, -0.05) is 37.6 Å². The van der Waals surface area contributed by atoms with E-state index in [0.717, 1.165) is 0 Å². The molecule has 2 aromatic carbocycles. The maximum atomic E-state index is 13.2. The molecule has 2 aromatic rings. The molecule has 0 fully saturated rings. The monoisotopic (exact) mass is 408 g/mol. The fourth-order valence-corrected chi connectivity index (χ4v) is 4.32. The van der Waals surface area contributed by atoms with Crippen molar-refractivity contribution >= 4 is 33.2 Å². The second kappa shape index (κ2) is 7.78. The van der Waals surface area contributed by atoms with Crippen molar-refractivity contribution in [1.82, 2.24) is 5.32 Å². The van der Waals surface area contributed by atoms with Crippen LogP contribution in [0.25, 0.3) is 0 Å². The van der Waals surface area contributed by atoms with Crippen LogP contribution in [0.2, 0.25) is 5.02 Å². The van der Waals surface area contributed by atoms with Gasteiger partial charge in [-0.05, 0) is 42.3 Å². The summed E-state index contributed by atoms with van der Waals surface area (Å²) < 4.78 is 33.4. The molecule has 144 valence electrons. The zero-order chi connectivity index (χ0) is 19.6. The Kier molecular flexibility index (Phi) is 5.62. The lowest BCUT2D eigenvalue weighted by Crippen LogP contribution is -2.51. The number of hydrogen-bond donors (Lipinski definition) is 1. The predicted octanol–water partition coefficient (Wildman–Crippen LogP) is 3.07. The molecule has 1 N–H and O–H groups in total. The van der Waals surface area contributed by atoms with Gasteiger partial charge >= 0.3 is 0 Å². The van der Waals surface area contributed by atoms with Gasteiger partial charge in [0, 0.05) is 11.6 Å². The maximum Gasteiger partial charge on any atom is 0.264 e. The van der Waals surface area contributed by atoms with E-state index in [1.807, 2.05) is 13.8 Å². The molecule has 27 heavy (non-hydrogen) atoms. The number of benzene rings is 2. The first-order valence-corrected chi connectivity index (χ1v) is 10.4. The number of amides is 1. The second-order valence-corrected chi connectivity index (χ2v) is 9.00. The van der Waals surface area contributed by atoms with Gasteiger partial charge in [-0.2, -0.15) is 0 Å². The van der Waals surface area contributed by atoms with Crippen molar-refractivity contribution in [2.75, 3.05) is 17.4 Å². The molecule has 1 aliphatic rings. The average molecular weight is 409 g/mol. The van der Waals surface area contributed by atoms with Crippen molar-refractivity contribution in [1.29, 1.82) is 0 Å². The Hall–Kier alpha value is -2.25. The zero-order valence-electron chi connectivity index (χ0n) is 15.1. The standard InChI is InChI=1S/C19H21ClN2O4S/c1-13(2)11-21-19(23)18-12-22(16-5-3-4-6-17(16)26-18)27(24,25)15-9-7-14(20)8-10-15/h3-10,13,18H,11-12H2,1-2H3,(H,21,23). The van der Waals surface area contributed by atoms with Crippen LogP contribution in [0.15, 0.2) is 53.4 Å². The Labute approximate surface area is 164 Å². The number of nitrogens with one attached hydrogen (secondary N) is 1. The van der Waals surface area contributed by atoms with Gasteiger partial charge in [0.15, 0.2) is 6.10 Å². The minimum Gasteiger partial charge on any atom is -0.476 e. The van der Waals surface area contributed by atoms with Gasteiger partial charge in [0.25, 0.3) is 15.9 Å². The molecule has 1 amide bonds. The molecule has 3 rings (SSSR count). The van der Waals surface area contributed by atoms with E-state index in [-0.39, 0.29) is 23.3 Å². The molecular weight excluding hydrogens is 388 g/mol. The van der Waals surface area contributed by atoms with E-state index in [2.05, 4.69) is 5.32 Å². The van der Waals surface area contributed by atoms with Gasteiger partial charge in [-0.25, -0.2) is 8.42 Å². The summed E-state index contributed by atoms with van der Waals surface area (Å²) in [6, 6.07) is 12.7. The first kappa shape index (κ1) is 19.5. The summed E-state index contributed by atoms with van der Waals surface area (Å²) in [6.45, 7) is 4.35. The average Bonchev–Trinajstić information content (AvgIpc) is 2.65. The number of ether oxygens (including phenoxy) is 1. The molecule has 6 nitrogen and oxygen atoms in total. The van der Waals surface area contributed by atoms with Crippen molar-refractivity contribution in [3.05, 3.63) is 53.6 Å². The molecule has 1 heterocycles. The highest BCUT2D eigenvalue weighted by molar-refractivity contribution is 7.92. The highest BCUT2D eigenvalue weighted by atomic mass is 35.5. The molecule has 8 heteroatoms. The summed E-state index contributed by atoms with van der Waals surface area (Å²) in [6.07, 6.45) is -0.930. The number of nitrogens with zero attached hydrogens (tertiary/aromatic N) is 1. The van der Waals surface area contributed by atoms with Crippen LogP contribution in [0.4, 0.5) is 5.69 Å². The third-order valence-corrected chi connectivity index (χ3v) is 6.16. The minimum atomic E-state index is -3.88. The first-order chi connectivity index (χ1) is 12.8. The fourth-order valence-electron chi connectivity index (χ4n) is 2.72. The summed E-state index contributed by atoms with van der Waals surface area (Å²) in [5.41, 5.74) is 0.403. The van der Waals surface area contributed by atoms with Gasteiger partial charge in [0.2, 0.25) is 0 Å². The molecular formula is C19H21ClN2O4S. The normalized spacial score (nSPS) is 16.6. The summed E-state index contributed by atoms with van der Waals surface area (Å²) in [4.78, 5) is 12.6. The number of rotatable bonds is 5. The van der Waals surface area contributed by atoms with Crippen molar-refractivity contribution in [2.24, 2.45) is 5.92 Å².